The molecule has 1 aromatic heterocycles. The first-order chi connectivity index (χ1) is 15.0. The maximum atomic E-state index is 13.9. The van der Waals surface area contributed by atoms with Gasteiger partial charge in [0, 0.05) is 17.2 Å². The summed E-state index contributed by atoms with van der Waals surface area (Å²) in [4.78, 5) is 63.2. The number of aromatic amines is 1. The molecule has 33 heavy (non-hydrogen) atoms. The van der Waals surface area contributed by atoms with Crippen LogP contribution in [0.25, 0.3) is 10.4 Å². The summed E-state index contributed by atoms with van der Waals surface area (Å²) >= 11 is 0. The zero-order valence-electron chi connectivity index (χ0n) is 15.7. The van der Waals surface area contributed by atoms with E-state index < -0.39 is 72.0 Å². The summed E-state index contributed by atoms with van der Waals surface area (Å²) in [5, 5.41) is 13.6. The Morgan fingerprint density at radius 3 is 2.39 bits per heavy atom. The molecule has 1 aromatic rings. The van der Waals surface area contributed by atoms with Crippen molar-refractivity contribution in [3.8, 4) is 0 Å². The zero-order chi connectivity index (χ0) is 25.2. The van der Waals surface area contributed by atoms with E-state index in [4.69, 9.17) is 24.9 Å². The molecule has 6 N–H and O–H groups in total. The van der Waals surface area contributed by atoms with E-state index in [0.717, 1.165) is 12.3 Å². The van der Waals surface area contributed by atoms with Gasteiger partial charge in [-0.1, -0.05) is 5.11 Å². The minimum absolute atomic E-state index is 0.603. The van der Waals surface area contributed by atoms with Crippen LogP contribution >= 0.6 is 23.5 Å². The first-order valence-corrected chi connectivity index (χ1v) is 12.6. The lowest BCUT2D eigenvalue weighted by molar-refractivity contribution is -0.135. The van der Waals surface area contributed by atoms with E-state index in [9.17, 15) is 37.7 Å². The number of aromatic nitrogens is 2. The molecule has 0 spiro atoms. The van der Waals surface area contributed by atoms with Crippen LogP contribution in [-0.4, -0.2) is 65.3 Å². The van der Waals surface area contributed by atoms with E-state index in [1.54, 1.807) is 0 Å². The SMILES string of the molecule is [N-]=[N+]=N[C@@H]1C(n2ccc(=O)[nH]c2=O)O[C@](CF)(COP(=O)(O)OP(=O)(O)OP(=O)(O)O)[C@H]1O. The summed E-state index contributed by atoms with van der Waals surface area (Å²) in [6.07, 6.45) is -3.07. The number of phosphoric acid groups is 3. The Hall–Kier alpha value is -1.75. The first-order valence-electron chi connectivity index (χ1n) is 8.11. The fourth-order valence-corrected chi connectivity index (χ4v) is 5.71. The van der Waals surface area contributed by atoms with Gasteiger partial charge in [0.15, 0.2) is 0 Å². The highest BCUT2D eigenvalue weighted by Gasteiger charge is 2.57. The number of alkyl halides is 1. The number of phosphoric ester groups is 1. The third-order valence-corrected chi connectivity index (χ3v) is 7.72. The Morgan fingerprint density at radius 2 is 1.88 bits per heavy atom. The van der Waals surface area contributed by atoms with Crippen LogP contribution in [0.1, 0.15) is 6.23 Å². The zero-order valence-corrected chi connectivity index (χ0v) is 18.4. The second kappa shape index (κ2) is 9.85. The molecule has 0 aromatic carbocycles. The third kappa shape index (κ3) is 6.88. The van der Waals surface area contributed by atoms with Gasteiger partial charge in [-0.15, -0.1) is 0 Å². The Balaban J connectivity index is 2.32. The van der Waals surface area contributed by atoms with Crippen molar-refractivity contribution in [2.45, 2.75) is 24.0 Å². The summed E-state index contributed by atoms with van der Waals surface area (Å²) in [7, 11) is -17.3. The van der Waals surface area contributed by atoms with Crippen LogP contribution in [0.2, 0.25) is 0 Å². The lowest BCUT2D eigenvalue weighted by atomic mass is 9.96. The molecule has 3 unspecified atom stereocenters. The smallest absolute Gasteiger partial charge is 0.389 e. The van der Waals surface area contributed by atoms with Crippen molar-refractivity contribution in [3.05, 3.63) is 43.5 Å². The number of aliphatic hydroxyl groups excluding tert-OH is 1. The predicted molar refractivity (Wildman–Crippen MR) is 98.9 cm³/mol. The topological polar surface area (TPSA) is 293 Å². The average Bonchev–Trinajstić information content (AvgIpc) is 2.90. The normalized spacial score (nSPS) is 29.1. The van der Waals surface area contributed by atoms with Gasteiger partial charge < -0.3 is 29.4 Å². The highest BCUT2D eigenvalue weighted by Crippen LogP contribution is 2.66. The number of halogens is 1. The summed E-state index contributed by atoms with van der Waals surface area (Å²) < 4.78 is 65.0. The Labute approximate surface area is 180 Å². The molecule has 0 aliphatic carbocycles. The van der Waals surface area contributed by atoms with Gasteiger partial charge in [-0.3, -0.25) is 18.9 Å². The van der Waals surface area contributed by atoms with E-state index in [1.807, 2.05) is 4.98 Å². The molecule has 2 heterocycles. The molecule has 2 rings (SSSR count). The molecular formula is C10H15FN5O14P3. The van der Waals surface area contributed by atoms with Crippen molar-refractivity contribution >= 4 is 23.5 Å². The summed E-state index contributed by atoms with van der Waals surface area (Å²) in [6.45, 7) is -3.16. The quantitative estimate of drug-likeness (QED) is 0.0911. The van der Waals surface area contributed by atoms with Crippen molar-refractivity contribution in [1.82, 2.24) is 9.55 Å². The Morgan fingerprint density at radius 1 is 1.24 bits per heavy atom. The molecule has 19 nitrogen and oxygen atoms in total. The van der Waals surface area contributed by atoms with Gasteiger partial charge in [-0.25, -0.2) is 22.9 Å². The van der Waals surface area contributed by atoms with E-state index in [1.165, 1.54) is 0 Å². The highest BCUT2D eigenvalue weighted by atomic mass is 31.3. The fraction of sp³-hybridized carbons (Fsp3) is 0.600. The second-order valence-corrected chi connectivity index (χ2v) is 10.6. The number of hydrogen-bond donors (Lipinski definition) is 6. The van der Waals surface area contributed by atoms with Crippen LogP contribution in [0.3, 0.4) is 0 Å². The van der Waals surface area contributed by atoms with Crippen molar-refractivity contribution in [2.75, 3.05) is 13.3 Å². The van der Waals surface area contributed by atoms with Crippen molar-refractivity contribution < 1.29 is 60.6 Å². The maximum absolute atomic E-state index is 13.9. The van der Waals surface area contributed by atoms with E-state index in [0.29, 0.717) is 4.57 Å². The van der Waals surface area contributed by atoms with E-state index in [-0.39, 0.29) is 0 Å². The maximum Gasteiger partial charge on any atom is 0.490 e. The number of nitrogens with one attached hydrogen (secondary N) is 1. The van der Waals surface area contributed by atoms with Crippen LogP contribution in [0.4, 0.5) is 4.39 Å². The monoisotopic (exact) mass is 541 g/mol. The van der Waals surface area contributed by atoms with Crippen LogP contribution in [-0.2, 0) is 31.6 Å². The summed E-state index contributed by atoms with van der Waals surface area (Å²) in [5.74, 6) is 0. The lowest BCUT2D eigenvalue weighted by Gasteiger charge is -2.29. The predicted octanol–water partition coefficient (Wildman–Crippen LogP) is -0.843. The molecule has 0 saturated carbocycles. The molecular weight excluding hydrogens is 526 g/mol. The largest absolute Gasteiger partial charge is 0.490 e. The van der Waals surface area contributed by atoms with E-state index in [2.05, 4.69) is 23.2 Å². The van der Waals surface area contributed by atoms with Crippen LogP contribution in [0.5, 0.6) is 0 Å². The molecule has 23 heteroatoms. The fourth-order valence-electron chi connectivity index (χ4n) is 2.64. The molecule has 1 saturated heterocycles. The number of azide groups is 1. The third-order valence-electron chi connectivity index (χ3n) is 3.93. The number of ether oxygens (including phenoxy) is 1. The van der Waals surface area contributed by atoms with Crippen molar-refractivity contribution in [3.63, 3.8) is 0 Å². The van der Waals surface area contributed by atoms with Crippen LogP contribution < -0.4 is 11.2 Å². The van der Waals surface area contributed by atoms with Gasteiger partial charge >= 0.3 is 29.2 Å². The van der Waals surface area contributed by atoms with Gasteiger partial charge in [-0.05, 0) is 5.53 Å². The van der Waals surface area contributed by atoms with E-state index >= 15 is 0 Å². The number of rotatable bonds is 10. The number of hydrogen-bond acceptors (Lipinski definition) is 11. The molecule has 186 valence electrons. The summed E-state index contributed by atoms with van der Waals surface area (Å²) in [6, 6.07) is -0.912. The van der Waals surface area contributed by atoms with Gasteiger partial charge in [-0.2, -0.15) is 8.62 Å². The van der Waals surface area contributed by atoms with Crippen molar-refractivity contribution in [1.29, 1.82) is 0 Å². The minimum atomic E-state index is -5.88. The van der Waals surface area contributed by atoms with Gasteiger partial charge in [0.2, 0.25) is 0 Å². The molecule has 1 aliphatic rings. The molecule has 0 bridgehead atoms. The number of H-pyrrole nitrogens is 1. The molecule has 1 aliphatic heterocycles. The van der Waals surface area contributed by atoms with Crippen LogP contribution in [0, 0.1) is 0 Å². The van der Waals surface area contributed by atoms with Gasteiger partial charge in [0.1, 0.15) is 30.6 Å². The first kappa shape index (κ1) is 27.5. The average molecular weight is 541 g/mol. The molecule has 1 fully saturated rings. The van der Waals surface area contributed by atoms with Crippen molar-refractivity contribution in [2.24, 2.45) is 5.11 Å². The summed E-state index contributed by atoms with van der Waals surface area (Å²) in [5.41, 5.74) is 4.13. The molecule has 0 radical (unpaired) electrons. The Kier molecular flexibility index (Phi) is 8.21. The number of aliphatic hydroxyl groups is 1. The van der Waals surface area contributed by atoms with Crippen LogP contribution in [0.15, 0.2) is 27.0 Å². The van der Waals surface area contributed by atoms with Gasteiger partial charge in [0.25, 0.3) is 5.56 Å². The molecule has 0 amide bonds. The minimum Gasteiger partial charge on any atom is -0.389 e. The lowest BCUT2D eigenvalue weighted by Crippen LogP contribution is -2.48. The highest BCUT2D eigenvalue weighted by molar-refractivity contribution is 7.66. The van der Waals surface area contributed by atoms with Gasteiger partial charge in [0.05, 0.1) is 6.61 Å². The number of nitrogens with zero attached hydrogens (tertiary/aromatic N) is 4. The Bertz CT molecular complexity index is 1190. The standard InChI is InChI=1S/C10H15FN5O14P3/c11-3-10(4-27-32(23,24)30-33(25,26)29-31(20,21)22)7(18)6(14-15-12)8(28-10)16-2-1-5(17)13-9(16)19/h1-2,6-8,18H,3-4H2,(H,23,24)(H,25,26)(H,13,17,19)(H2,20,21,22)/t6-,7-,8?,10+/m0/s1. The molecule has 6 atom stereocenters. The second-order valence-electron chi connectivity index (χ2n) is 6.23.